The summed E-state index contributed by atoms with van der Waals surface area (Å²) >= 11 is 0. The molecule has 0 amide bonds. The molecule has 0 atom stereocenters. The lowest BCUT2D eigenvalue weighted by atomic mass is 9.96. The first-order chi connectivity index (χ1) is 9.49. The van der Waals surface area contributed by atoms with E-state index in [1.165, 1.54) is 0 Å². The number of piperazine rings is 1. The molecule has 2 saturated heterocycles. The van der Waals surface area contributed by atoms with E-state index in [0.717, 1.165) is 45.4 Å². The lowest BCUT2D eigenvalue weighted by molar-refractivity contribution is 0.154. The van der Waals surface area contributed by atoms with Crippen LogP contribution in [0, 0.1) is 5.92 Å². The van der Waals surface area contributed by atoms with Gasteiger partial charge in [-0.25, -0.2) is 8.42 Å². The van der Waals surface area contributed by atoms with Crippen molar-refractivity contribution in [1.29, 1.82) is 0 Å². The van der Waals surface area contributed by atoms with Gasteiger partial charge in [-0.3, -0.25) is 4.90 Å². The number of nitrogens with zero attached hydrogens (tertiary/aromatic N) is 2. The molecule has 0 radical (unpaired) electrons. The van der Waals surface area contributed by atoms with Crippen LogP contribution < -0.4 is 5.32 Å². The Morgan fingerprint density at radius 1 is 1.10 bits per heavy atom. The Balaban J connectivity index is 1.78. The summed E-state index contributed by atoms with van der Waals surface area (Å²) in [6.45, 7) is 9.46. The fourth-order valence-electron chi connectivity index (χ4n) is 3.11. The molecule has 20 heavy (non-hydrogen) atoms. The number of rotatable bonds is 5. The van der Waals surface area contributed by atoms with Gasteiger partial charge in [-0.1, -0.05) is 0 Å². The maximum atomic E-state index is 12.4. The summed E-state index contributed by atoms with van der Waals surface area (Å²) in [4.78, 5) is 2.35. The second-order valence-corrected chi connectivity index (χ2v) is 8.42. The molecule has 2 rings (SSSR count). The zero-order valence-electron chi connectivity index (χ0n) is 12.8. The van der Waals surface area contributed by atoms with Gasteiger partial charge in [-0.05, 0) is 52.1 Å². The van der Waals surface area contributed by atoms with E-state index in [9.17, 15) is 8.42 Å². The molecule has 6 heteroatoms. The van der Waals surface area contributed by atoms with Crippen molar-refractivity contribution in [3.05, 3.63) is 0 Å². The minimum atomic E-state index is -3.05. The van der Waals surface area contributed by atoms with Crippen molar-refractivity contribution in [3.8, 4) is 0 Å². The van der Waals surface area contributed by atoms with Crippen LogP contribution in [0.4, 0.5) is 0 Å². The van der Waals surface area contributed by atoms with Gasteiger partial charge < -0.3 is 5.32 Å². The average molecular weight is 303 g/mol. The topological polar surface area (TPSA) is 52.7 Å². The highest BCUT2D eigenvalue weighted by molar-refractivity contribution is 7.89. The Bertz CT molecular complexity index is 383. The number of nitrogens with one attached hydrogen (secondary N) is 1. The highest BCUT2D eigenvalue weighted by Crippen LogP contribution is 2.19. The zero-order valence-corrected chi connectivity index (χ0v) is 13.7. The van der Waals surface area contributed by atoms with Gasteiger partial charge in [-0.15, -0.1) is 0 Å². The molecule has 0 unspecified atom stereocenters. The number of hydrogen-bond donors (Lipinski definition) is 1. The van der Waals surface area contributed by atoms with E-state index in [-0.39, 0.29) is 0 Å². The third kappa shape index (κ3) is 4.41. The first kappa shape index (κ1) is 16.2. The second-order valence-electron chi connectivity index (χ2n) is 6.33. The quantitative estimate of drug-likeness (QED) is 0.814. The van der Waals surface area contributed by atoms with Crippen molar-refractivity contribution in [2.45, 2.75) is 39.2 Å². The summed E-state index contributed by atoms with van der Waals surface area (Å²) in [7, 11) is -3.05. The minimum absolute atomic E-state index is 0.333. The Labute approximate surface area is 123 Å². The summed E-state index contributed by atoms with van der Waals surface area (Å²) in [5.74, 6) is 0.919. The molecule has 0 aromatic rings. The summed E-state index contributed by atoms with van der Waals surface area (Å²) < 4.78 is 26.5. The van der Waals surface area contributed by atoms with E-state index in [2.05, 4.69) is 24.1 Å². The van der Waals surface area contributed by atoms with Crippen LogP contribution in [0.2, 0.25) is 0 Å². The van der Waals surface area contributed by atoms with Crippen LogP contribution in [0.3, 0.4) is 0 Å². The Morgan fingerprint density at radius 2 is 1.70 bits per heavy atom. The molecule has 2 heterocycles. The van der Waals surface area contributed by atoms with Crippen molar-refractivity contribution in [1.82, 2.24) is 14.5 Å². The standard InChI is InChI=1S/C14H29N3O2S/c1-13(2)16-8-10-17(11-9-16)20(18,19)12-5-14-3-6-15-7-4-14/h13-15H,3-12H2,1-2H3. The highest BCUT2D eigenvalue weighted by atomic mass is 32.2. The normalized spacial score (nSPS) is 24.4. The molecule has 2 aliphatic rings. The Hall–Kier alpha value is -0.170. The lowest BCUT2D eigenvalue weighted by Crippen LogP contribution is -2.51. The van der Waals surface area contributed by atoms with Gasteiger partial charge in [0.1, 0.15) is 0 Å². The maximum Gasteiger partial charge on any atom is 0.214 e. The van der Waals surface area contributed by atoms with Crippen LogP contribution in [0.15, 0.2) is 0 Å². The molecule has 0 saturated carbocycles. The van der Waals surface area contributed by atoms with Crippen LogP contribution in [0.5, 0.6) is 0 Å². The van der Waals surface area contributed by atoms with Crippen molar-refractivity contribution in [2.75, 3.05) is 45.0 Å². The highest BCUT2D eigenvalue weighted by Gasteiger charge is 2.28. The monoisotopic (exact) mass is 303 g/mol. The van der Waals surface area contributed by atoms with Gasteiger partial charge in [0, 0.05) is 32.2 Å². The first-order valence-electron chi connectivity index (χ1n) is 7.91. The molecular formula is C14H29N3O2S. The molecule has 0 aromatic carbocycles. The van der Waals surface area contributed by atoms with Gasteiger partial charge in [-0.2, -0.15) is 4.31 Å². The van der Waals surface area contributed by atoms with Crippen LogP contribution in [0.25, 0.3) is 0 Å². The van der Waals surface area contributed by atoms with Crippen LogP contribution in [0.1, 0.15) is 33.1 Å². The summed E-state index contributed by atoms with van der Waals surface area (Å²) in [5.41, 5.74) is 0. The van der Waals surface area contributed by atoms with Gasteiger partial charge in [0.05, 0.1) is 5.75 Å². The Kier molecular flexibility index (Phi) is 5.84. The number of piperidine rings is 1. The van der Waals surface area contributed by atoms with E-state index < -0.39 is 10.0 Å². The average Bonchev–Trinajstić information content (AvgIpc) is 2.46. The van der Waals surface area contributed by atoms with E-state index in [1.807, 2.05) is 0 Å². The Morgan fingerprint density at radius 3 is 2.25 bits per heavy atom. The zero-order chi connectivity index (χ0) is 14.6. The van der Waals surface area contributed by atoms with Crippen LogP contribution in [-0.4, -0.2) is 68.7 Å². The second kappa shape index (κ2) is 7.20. The molecule has 0 aromatic heterocycles. The van der Waals surface area contributed by atoms with Gasteiger partial charge >= 0.3 is 0 Å². The maximum absolute atomic E-state index is 12.4. The van der Waals surface area contributed by atoms with E-state index in [1.54, 1.807) is 4.31 Å². The predicted octanol–water partition coefficient (Wildman–Crippen LogP) is 0.732. The molecule has 2 fully saturated rings. The molecule has 0 bridgehead atoms. The fourth-order valence-corrected chi connectivity index (χ4v) is 4.72. The molecule has 0 spiro atoms. The smallest absolute Gasteiger partial charge is 0.214 e. The van der Waals surface area contributed by atoms with E-state index >= 15 is 0 Å². The minimum Gasteiger partial charge on any atom is -0.317 e. The van der Waals surface area contributed by atoms with Crippen molar-refractivity contribution < 1.29 is 8.42 Å². The van der Waals surface area contributed by atoms with Gasteiger partial charge in [0.2, 0.25) is 10.0 Å². The van der Waals surface area contributed by atoms with Gasteiger partial charge in [0.15, 0.2) is 0 Å². The molecular weight excluding hydrogens is 274 g/mol. The fraction of sp³-hybridized carbons (Fsp3) is 1.00. The van der Waals surface area contributed by atoms with Crippen molar-refractivity contribution >= 4 is 10.0 Å². The van der Waals surface area contributed by atoms with Crippen molar-refractivity contribution in [2.24, 2.45) is 5.92 Å². The first-order valence-corrected chi connectivity index (χ1v) is 9.52. The molecule has 2 aliphatic heterocycles. The SMILES string of the molecule is CC(C)N1CCN(S(=O)(=O)CCC2CCNCC2)CC1. The third-order valence-electron chi connectivity index (χ3n) is 4.64. The summed E-state index contributed by atoms with van der Waals surface area (Å²) in [6, 6.07) is 0.509. The lowest BCUT2D eigenvalue weighted by Gasteiger charge is -2.36. The van der Waals surface area contributed by atoms with Crippen molar-refractivity contribution in [3.63, 3.8) is 0 Å². The molecule has 0 aliphatic carbocycles. The van der Waals surface area contributed by atoms with Crippen LogP contribution >= 0.6 is 0 Å². The van der Waals surface area contributed by atoms with E-state index in [4.69, 9.17) is 0 Å². The summed E-state index contributed by atoms with van der Waals surface area (Å²) in [6.07, 6.45) is 3.07. The summed E-state index contributed by atoms with van der Waals surface area (Å²) in [5, 5.41) is 3.33. The molecule has 1 N–H and O–H groups in total. The largest absolute Gasteiger partial charge is 0.317 e. The molecule has 118 valence electrons. The van der Waals surface area contributed by atoms with Gasteiger partial charge in [0.25, 0.3) is 0 Å². The predicted molar refractivity (Wildman–Crippen MR) is 82.3 cm³/mol. The van der Waals surface area contributed by atoms with Crippen LogP contribution in [-0.2, 0) is 10.0 Å². The third-order valence-corrected chi connectivity index (χ3v) is 6.54. The number of sulfonamides is 1. The van der Waals surface area contributed by atoms with E-state index in [0.29, 0.717) is 30.8 Å². The number of hydrogen-bond acceptors (Lipinski definition) is 4. The molecule has 5 nitrogen and oxygen atoms in total.